The van der Waals surface area contributed by atoms with Crippen LogP contribution >= 0.6 is 0 Å². The highest BCUT2D eigenvalue weighted by Gasteiger charge is 2.42. The predicted octanol–water partition coefficient (Wildman–Crippen LogP) is 7.40. The van der Waals surface area contributed by atoms with Gasteiger partial charge in [0.1, 0.15) is 6.10 Å². The Labute approximate surface area is 245 Å². The minimum Gasteiger partial charge on any atom is -0.481 e. The van der Waals surface area contributed by atoms with Gasteiger partial charge in [-0.15, -0.1) is 0 Å². The molecule has 2 heterocycles. The molecule has 2 aliphatic rings. The van der Waals surface area contributed by atoms with Crippen LogP contribution in [0.3, 0.4) is 0 Å². The van der Waals surface area contributed by atoms with Crippen molar-refractivity contribution in [2.75, 3.05) is 20.8 Å². The van der Waals surface area contributed by atoms with E-state index < -0.39 is 35.4 Å². The van der Waals surface area contributed by atoms with E-state index in [0.717, 1.165) is 47.2 Å². The third-order valence-corrected chi connectivity index (χ3v) is 8.28. The largest absolute Gasteiger partial charge is 0.481 e. The zero-order valence-corrected chi connectivity index (χ0v) is 25.2. The van der Waals surface area contributed by atoms with Crippen molar-refractivity contribution in [1.29, 1.82) is 0 Å². The summed E-state index contributed by atoms with van der Waals surface area (Å²) >= 11 is 0. The molecule has 1 aromatic heterocycles. The molecule has 7 nitrogen and oxygen atoms in total. The van der Waals surface area contributed by atoms with E-state index in [9.17, 15) is 22.8 Å². The van der Waals surface area contributed by atoms with Crippen LogP contribution in [0.5, 0.6) is 5.88 Å². The lowest BCUT2D eigenvalue weighted by Crippen LogP contribution is -2.35. The first-order valence-corrected chi connectivity index (χ1v) is 14.0. The number of hydrogen-bond donors (Lipinski definition) is 0. The van der Waals surface area contributed by atoms with E-state index in [0.29, 0.717) is 24.3 Å². The van der Waals surface area contributed by atoms with Gasteiger partial charge in [0.25, 0.3) is 0 Å². The Kier molecular flexibility index (Phi) is 8.67. The van der Waals surface area contributed by atoms with E-state index in [1.807, 2.05) is 19.9 Å². The average molecular weight is 589 g/mol. The molecule has 0 N–H and O–H groups in total. The summed E-state index contributed by atoms with van der Waals surface area (Å²) in [5, 5.41) is 0. The van der Waals surface area contributed by atoms with Gasteiger partial charge in [0.15, 0.2) is 0 Å². The average Bonchev–Trinajstić information content (AvgIpc) is 3.20. The quantitative estimate of drug-likeness (QED) is 0.299. The van der Waals surface area contributed by atoms with Crippen LogP contribution in [0, 0.1) is 10.8 Å². The molecule has 0 radical (unpaired) electrons. The molecule has 1 aromatic carbocycles. The summed E-state index contributed by atoms with van der Waals surface area (Å²) in [5.41, 5.74) is 2.41. The molecular weight excluding hydrogens is 549 g/mol. The van der Waals surface area contributed by atoms with Crippen molar-refractivity contribution in [3.8, 4) is 5.88 Å². The van der Waals surface area contributed by atoms with E-state index in [2.05, 4.69) is 18.8 Å². The maximum Gasteiger partial charge on any atom is 0.416 e. The summed E-state index contributed by atoms with van der Waals surface area (Å²) in [7, 11) is 2.92. The van der Waals surface area contributed by atoms with Gasteiger partial charge in [-0.25, -0.2) is 9.78 Å². The zero-order valence-electron chi connectivity index (χ0n) is 25.2. The molecule has 0 spiro atoms. The van der Waals surface area contributed by atoms with Crippen molar-refractivity contribution < 1.29 is 37.0 Å². The van der Waals surface area contributed by atoms with Gasteiger partial charge in [0, 0.05) is 18.3 Å². The van der Waals surface area contributed by atoms with E-state index in [1.54, 1.807) is 31.2 Å². The van der Waals surface area contributed by atoms with Gasteiger partial charge in [0.05, 0.1) is 31.2 Å². The van der Waals surface area contributed by atoms with Crippen LogP contribution < -0.4 is 4.74 Å². The van der Waals surface area contributed by atoms with Gasteiger partial charge in [-0.3, -0.25) is 9.69 Å². The Morgan fingerprint density at radius 1 is 1.19 bits per heavy atom. The fourth-order valence-corrected chi connectivity index (χ4v) is 5.98. The maximum absolute atomic E-state index is 13.4. The second-order valence-corrected chi connectivity index (χ2v) is 12.7. The second kappa shape index (κ2) is 11.6. The molecule has 1 aliphatic heterocycles. The number of benzene rings is 1. The standard InChI is InChI=1S/C32H39F3N2O5/c1-19-26(21-9-8-10-23(14-21)32(33,34)35)42-29(39)37(19)18-22-16-30(2,3)12-11-24(22)25-13-20(17-36-27(25)40-6)15-31(4,5)28(38)41-7/h8-10,13-14,17,19,26H,11-12,15-16,18H2,1-7H3/t19-,26-/m0/s1. The number of carbonyl (C=O) groups is 2. The summed E-state index contributed by atoms with van der Waals surface area (Å²) < 4.78 is 56.4. The lowest BCUT2D eigenvalue weighted by atomic mass is 9.72. The number of halogens is 3. The van der Waals surface area contributed by atoms with Gasteiger partial charge < -0.3 is 14.2 Å². The van der Waals surface area contributed by atoms with Gasteiger partial charge in [-0.05, 0) is 92.3 Å². The Hall–Kier alpha value is -3.56. The minimum absolute atomic E-state index is 0.0305. The van der Waals surface area contributed by atoms with Crippen LogP contribution in [0.25, 0.3) is 5.57 Å². The summed E-state index contributed by atoms with van der Waals surface area (Å²) in [6.45, 7) is 10.0. The van der Waals surface area contributed by atoms with Crippen molar-refractivity contribution in [2.45, 2.75) is 78.6 Å². The highest BCUT2D eigenvalue weighted by molar-refractivity contribution is 5.78. The molecular formula is C32H39F3N2O5. The number of hydrogen-bond acceptors (Lipinski definition) is 6. The molecule has 1 aliphatic carbocycles. The number of amides is 1. The lowest BCUT2D eigenvalue weighted by molar-refractivity contribution is -0.150. The minimum atomic E-state index is -4.50. The van der Waals surface area contributed by atoms with E-state index >= 15 is 0 Å². The molecule has 0 bridgehead atoms. The molecule has 1 saturated heterocycles. The van der Waals surface area contributed by atoms with Crippen molar-refractivity contribution >= 4 is 17.6 Å². The van der Waals surface area contributed by atoms with Gasteiger partial charge in [0.2, 0.25) is 5.88 Å². The number of carbonyl (C=O) groups excluding carboxylic acids is 2. The van der Waals surface area contributed by atoms with Crippen LogP contribution in [0.1, 0.15) is 82.2 Å². The molecule has 228 valence electrons. The number of cyclic esters (lactones) is 1. The zero-order chi connectivity index (χ0) is 31.0. The molecule has 2 aromatic rings. The smallest absolute Gasteiger partial charge is 0.416 e. The number of allylic oxidation sites excluding steroid dienone is 1. The number of alkyl halides is 3. The van der Waals surface area contributed by atoms with Gasteiger partial charge >= 0.3 is 18.2 Å². The number of esters is 1. The van der Waals surface area contributed by atoms with Gasteiger partial charge in [-0.1, -0.05) is 26.0 Å². The maximum atomic E-state index is 13.4. The Balaban J connectivity index is 1.70. The Bertz CT molecular complexity index is 1380. The third-order valence-electron chi connectivity index (χ3n) is 8.28. The highest BCUT2D eigenvalue weighted by atomic mass is 19.4. The third kappa shape index (κ3) is 6.57. The Morgan fingerprint density at radius 2 is 1.90 bits per heavy atom. The highest BCUT2D eigenvalue weighted by Crippen LogP contribution is 2.46. The van der Waals surface area contributed by atoms with Crippen molar-refractivity contribution in [3.05, 3.63) is 64.4 Å². The molecule has 1 fully saturated rings. The molecule has 0 saturated carbocycles. The monoisotopic (exact) mass is 588 g/mol. The predicted molar refractivity (Wildman–Crippen MR) is 152 cm³/mol. The second-order valence-electron chi connectivity index (χ2n) is 12.7. The Morgan fingerprint density at radius 3 is 2.55 bits per heavy atom. The van der Waals surface area contributed by atoms with Crippen LogP contribution in [0.2, 0.25) is 0 Å². The number of pyridine rings is 1. The molecule has 42 heavy (non-hydrogen) atoms. The van der Waals surface area contributed by atoms with Crippen molar-refractivity contribution in [2.24, 2.45) is 10.8 Å². The number of methoxy groups -OCH3 is 2. The summed E-state index contributed by atoms with van der Waals surface area (Å²) in [6.07, 6.45) is -1.47. The summed E-state index contributed by atoms with van der Waals surface area (Å²) in [5.74, 6) is 0.122. The number of aromatic nitrogens is 1. The first kappa shape index (κ1) is 31.4. The van der Waals surface area contributed by atoms with E-state index in [1.165, 1.54) is 13.2 Å². The van der Waals surface area contributed by atoms with Crippen LogP contribution in [-0.4, -0.2) is 48.8 Å². The first-order valence-electron chi connectivity index (χ1n) is 14.0. The van der Waals surface area contributed by atoms with Crippen LogP contribution in [-0.2, 0) is 26.9 Å². The van der Waals surface area contributed by atoms with Gasteiger partial charge in [-0.2, -0.15) is 13.2 Å². The van der Waals surface area contributed by atoms with Crippen LogP contribution in [0.4, 0.5) is 18.0 Å². The fourth-order valence-electron chi connectivity index (χ4n) is 5.98. The molecule has 10 heteroatoms. The molecule has 0 unspecified atom stereocenters. The number of nitrogens with zero attached hydrogens (tertiary/aromatic N) is 2. The topological polar surface area (TPSA) is 78.0 Å². The number of rotatable bonds is 8. The molecule has 1 amide bonds. The van der Waals surface area contributed by atoms with Crippen LogP contribution in [0.15, 0.2) is 42.1 Å². The first-order chi connectivity index (χ1) is 19.6. The normalized spacial score (nSPS) is 20.9. The summed E-state index contributed by atoms with van der Waals surface area (Å²) in [6, 6.07) is 6.43. The van der Waals surface area contributed by atoms with Crippen molar-refractivity contribution in [1.82, 2.24) is 9.88 Å². The molecule has 2 atom stereocenters. The number of ether oxygens (including phenoxy) is 3. The van der Waals surface area contributed by atoms with E-state index in [4.69, 9.17) is 14.2 Å². The lowest BCUT2D eigenvalue weighted by Gasteiger charge is -2.35. The van der Waals surface area contributed by atoms with Crippen molar-refractivity contribution in [3.63, 3.8) is 0 Å². The fraction of sp³-hybridized carbons (Fsp3) is 0.531. The SMILES string of the molecule is COC(=O)C(C)(C)Cc1cnc(OC)c(C2=C(CN3C(=O)O[C@H](c4cccc(C(F)(F)F)c4)[C@@H]3C)CC(C)(C)CC2)c1. The van der Waals surface area contributed by atoms with E-state index in [-0.39, 0.29) is 17.9 Å². The molecule has 4 rings (SSSR count). The summed E-state index contributed by atoms with van der Waals surface area (Å²) in [4.78, 5) is 31.6.